The van der Waals surface area contributed by atoms with Gasteiger partial charge in [-0.2, -0.15) is 0 Å². The van der Waals surface area contributed by atoms with Crippen molar-refractivity contribution in [2.75, 3.05) is 5.73 Å². The van der Waals surface area contributed by atoms with Crippen LogP contribution in [0.25, 0.3) is 0 Å². The number of nitrogens with two attached hydrogens (primary N) is 1. The fourth-order valence-electron chi connectivity index (χ4n) is 1.27. The Morgan fingerprint density at radius 3 is 2.88 bits per heavy atom. The third-order valence-corrected chi connectivity index (χ3v) is 2.85. The minimum Gasteiger partial charge on any atom is -0.437 e. The first-order valence-electron chi connectivity index (χ1n) is 4.81. The second kappa shape index (κ2) is 4.69. The molecule has 0 amide bonds. The smallest absolute Gasteiger partial charge is 0.242 e. The van der Waals surface area contributed by atoms with E-state index >= 15 is 0 Å². The van der Waals surface area contributed by atoms with Gasteiger partial charge in [0.1, 0.15) is 5.75 Å². The molecular formula is C12H11IN2O. The first-order valence-corrected chi connectivity index (χ1v) is 5.89. The SMILES string of the molecule is Cc1ccnc(Oc2cccc(I)c2)c1N. The van der Waals surface area contributed by atoms with Gasteiger partial charge in [-0.15, -0.1) is 0 Å². The lowest BCUT2D eigenvalue weighted by Crippen LogP contribution is -1.97. The molecule has 2 aromatic rings. The summed E-state index contributed by atoms with van der Waals surface area (Å²) >= 11 is 2.23. The second-order valence-corrected chi connectivity index (χ2v) is 4.65. The number of halogens is 1. The lowest BCUT2D eigenvalue weighted by Gasteiger charge is -2.08. The molecule has 2 rings (SSSR count). The van der Waals surface area contributed by atoms with E-state index in [0.29, 0.717) is 11.6 Å². The molecule has 0 fully saturated rings. The summed E-state index contributed by atoms with van der Waals surface area (Å²) in [5.41, 5.74) is 7.43. The van der Waals surface area contributed by atoms with Crippen LogP contribution in [0.3, 0.4) is 0 Å². The van der Waals surface area contributed by atoms with Crippen LogP contribution < -0.4 is 10.5 Å². The van der Waals surface area contributed by atoms with Crippen LogP contribution in [-0.4, -0.2) is 4.98 Å². The Morgan fingerprint density at radius 2 is 2.12 bits per heavy atom. The molecule has 0 bridgehead atoms. The van der Waals surface area contributed by atoms with Crippen molar-refractivity contribution < 1.29 is 4.74 Å². The lowest BCUT2D eigenvalue weighted by molar-refractivity contribution is 0.465. The van der Waals surface area contributed by atoms with E-state index in [4.69, 9.17) is 10.5 Å². The van der Waals surface area contributed by atoms with Crippen molar-refractivity contribution in [3.05, 3.63) is 45.7 Å². The molecular weight excluding hydrogens is 315 g/mol. The van der Waals surface area contributed by atoms with Gasteiger partial charge in [0.15, 0.2) is 0 Å². The summed E-state index contributed by atoms with van der Waals surface area (Å²) in [6.07, 6.45) is 1.69. The number of aromatic nitrogens is 1. The van der Waals surface area contributed by atoms with Crippen LogP contribution in [0.15, 0.2) is 36.5 Å². The predicted molar refractivity (Wildman–Crippen MR) is 72.6 cm³/mol. The molecule has 0 atom stereocenters. The van der Waals surface area contributed by atoms with Crippen molar-refractivity contribution in [3.63, 3.8) is 0 Å². The van der Waals surface area contributed by atoms with E-state index in [-0.39, 0.29) is 0 Å². The molecule has 0 aliphatic rings. The summed E-state index contributed by atoms with van der Waals surface area (Å²) in [7, 11) is 0. The van der Waals surface area contributed by atoms with Gasteiger partial charge < -0.3 is 10.5 Å². The Bertz CT molecular complexity index is 514. The first-order chi connectivity index (χ1) is 7.66. The van der Waals surface area contributed by atoms with Crippen LogP contribution in [0.5, 0.6) is 11.6 Å². The van der Waals surface area contributed by atoms with Crippen molar-refractivity contribution in [1.29, 1.82) is 0 Å². The maximum absolute atomic E-state index is 5.88. The van der Waals surface area contributed by atoms with E-state index < -0.39 is 0 Å². The molecule has 82 valence electrons. The number of aryl methyl sites for hydroxylation is 1. The zero-order valence-corrected chi connectivity index (χ0v) is 10.9. The van der Waals surface area contributed by atoms with Crippen LogP contribution in [-0.2, 0) is 0 Å². The molecule has 0 aliphatic carbocycles. The highest BCUT2D eigenvalue weighted by molar-refractivity contribution is 14.1. The topological polar surface area (TPSA) is 48.1 Å². The standard InChI is InChI=1S/C12H11IN2O/c1-8-5-6-15-12(11(8)14)16-10-4-2-3-9(13)7-10/h2-7H,14H2,1H3. The van der Waals surface area contributed by atoms with E-state index in [1.54, 1.807) is 6.20 Å². The van der Waals surface area contributed by atoms with Gasteiger partial charge >= 0.3 is 0 Å². The quantitative estimate of drug-likeness (QED) is 0.861. The molecule has 0 aliphatic heterocycles. The maximum atomic E-state index is 5.88. The number of rotatable bonds is 2. The Balaban J connectivity index is 2.31. The highest BCUT2D eigenvalue weighted by Gasteiger charge is 2.05. The van der Waals surface area contributed by atoms with Gasteiger partial charge in [-0.1, -0.05) is 6.07 Å². The van der Waals surface area contributed by atoms with Crippen LogP contribution in [0.1, 0.15) is 5.56 Å². The van der Waals surface area contributed by atoms with E-state index in [9.17, 15) is 0 Å². The summed E-state index contributed by atoms with van der Waals surface area (Å²) in [6, 6.07) is 9.61. The number of ether oxygens (including phenoxy) is 1. The van der Waals surface area contributed by atoms with Gasteiger partial charge in [0, 0.05) is 9.77 Å². The van der Waals surface area contributed by atoms with Gasteiger partial charge in [-0.3, -0.25) is 0 Å². The number of nitrogens with zero attached hydrogens (tertiary/aromatic N) is 1. The van der Waals surface area contributed by atoms with Crippen molar-refractivity contribution in [1.82, 2.24) is 4.98 Å². The monoisotopic (exact) mass is 326 g/mol. The summed E-state index contributed by atoms with van der Waals surface area (Å²) in [6.45, 7) is 1.93. The number of pyridine rings is 1. The van der Waals surface area contributed by atoms with Gasteiger partial charge in [0.2, 0.25) is 5.88 Å². The number of benzene rings is 1. The average molecular weight is 326 g/mol. The van der Waals surface area contributed by atoms with Gasteiger partial charge in [-0.25, -0.2) is 4.98 Å². The number of nitrogen functional groups attached to an aromatic ring is 1. The fourth-order valence-corrected chi connectivity index (χ4v) is 1.78. The molecule has 0 saturated carbocycles. The Hall–Kier alpha value is -1.30. The average Bonchev–Trinajstić information content (AvgIpc) is 2.25. The van der Waals surface area contributed by atoms with Crippen LogP contribution in [0.4, 0.5) is 5.69 Å². The van der Waals surface area contributed by atoms with Crippen LogP contribution in [0, 0.1) is 10.5 Å². The van der Waals surface area contributed by atoms with Crippen LogP contribution >= 0.6 is 22.6 Å². The lowest BCUT2D eigenvalue weighted by atomic mass is 10.2. The van der Waals surface area contributed by atoms with Crippen molar-refractivity contribution in [3.8, 4) is 11.6 Å². The van der Waals surface area contributed by atoms with Crippen molar-refractivity contribution >= 4 is 28.3 Å². The third kappa shape index (κ3) is 2.44. The van der Waals surface area contributed by atoms with Crippen molar-refractivity contribution in [2.24, 2.45) is 0 Å². The minimum absolute atomic E-state index is 0.460. The summed E-state index contributed by atoms with van der Waals surface area (Å²) in [5.74, 6) is 1.21. The Kier molecular flexibility index (Phi) is 3.28. The molecule has 0 radical (unpaired) electrons. The maximum Gasteiger partial charge on any atom is 0.242 e. The van der Waals surface area contributed by atoms with E-state index in [1.165, 1.54) is 0 Å². The largest absolute Gasteiger partial charge is 0.437 e. The van der Waals surface area contributed by atoms with Gasteiger partial charge in [0.05, 0.1) is 5.69 Å². The first kappa shape index (κ1) is 11.2. The molecule has 0 unspecified atom stereocenters. The predicted octanol–water partition coefficient (Wildman–Crippen LogP) is 3.37. The van der Waals surface area contributed by atoms with Gasteiger partial charge in [0.25, 0.3) is 0 Å². The Labute approximate surface area is 108 Å². The number of hydrogen-bond acceptors (Lipinski definition) is 3. The molecule has 0 saturated heterocycles. The van der Waals surface area contributed by atoms with E-state index in [0.717, 1.165) is 14.9 Å². The zero-order chi connectivity index (χ0) is 11.5. The molecule has 1 aromatic heterocycles. The highest BCUT2D eigenvalue weighted by Crippen LogP contribution is 2.27. The molecule has 1 heterocycles. The molecule has 1 aromatic carbocycles. The summed E-state index contributed by atoms with van der Waals surface area (Å²) < 4.78 is 6.74. The second-order valence-electron chi connectivity index (χ2n) is 3.41. The fraction of sp³-hybridized carbons (Fsp3) is 0.0833. The van der Waals surface area contributed by atoms with E-state index in [2.05, 4.69) is 27.6 Å². The normalized spacial score (nSPS) is 10.1. The minimum atomic E-state index is 0.460. The number of hydrogen-bond donors (Lipinski definition) is 1. The van der Waals surface area contributed by atoms with Gasteiger partial charge in [-0.05, 0) is 59.3 Å². The molecule has 3 nitrogen and oxygen atoms in total. The zero-order valence-electron chi connectivity index (χ0n) is 8.77. The van der Waals surface area contributed by atoms with Crippen LogP contribution in [0.2, 0.25) is 0 Å². The summed E-state index contributed by atoms with van der Waals surface area (Å²) in [4.78, 5) is 4.11. The number of anilines is 1. The third-order valence-electron chi connectivity index (χ3n) is 2.18. The molecule has 16 heavy (non-hydrogen) atoms. The molecule has 4 heteroatoms. The molecule has 0 spiro atoms. The highest BCUT2D eigenvalue weighted by atomic mass is 127. The summed E-state index contributed by atoms with van der Waals surface area (Å²) in [5, 5.41) is 0. The molecule has 2 N–H and O–H groups in total. The van der Waals surface area contributed by atoms with Crippen molar-refractivity contribution in [2.45, 2.75) is 6.92 Å². The Morgan fingerprint density at radius 1 is 1.31 bits per heavy atom. The van der Waals surface area contributed by atoms with E-state index in [1.807, 2.05) is 37.3 Å².